The first-order chi connectivity index (χ1) is 16.7. The van der Waals surface area contributed by atoms with Gasteiger partial charge in [0.25, 0.3) is 0 Å². The van der Waals surface area contributed by atoms with Crippen molar-refractivity contribution in [2.45, 2.75) is 58.0 Å². The highest BCUT2D eigenvalue weighted by atomic mass is 32.2. The molecule has 0 aliphatic carbocycles. The van der Waals surface area contributed by atoms with Crippen LogP contribution in [0.2, 0.25) is 0 Å². The van der Waals surface area contributed by atoms with Gasteiger partial charge in [-0.1, -0.05) is 24.6 Å². The van der Waals surface area contributed by atoms with E-state index in [2.05, 4.69) is 9.88 Å². The van der Waals surface area contributed by atoms with Gasteiger partial charge in [-0.15, -0.1) is 0 Å². The fourth-order valence-corrected chi connectivity index (χ4v) is 6.32. The van der Waals surface area contributed by atoms with Crippen molar-refractivity contribution in [3.63, 3.8) is 0 Å². The van der Waals surface area contributed by atoms with Gasteiger partial charge in [-0.2, -0.15) is 4.31 Å². The van der Waals surface area contributed by atoms with E-state index in [-0.39, 0.29) is 12.5 Å². The van der Waals surface area contributed by atoms with Crippen LogP contribution in [0.1, 0.15) is 43.1 Å². The van der Waals surface area contributed by atoms with Crippen LogP contribution in [-0.4, -0.2) is 59.8 Å². The first-order valence-electron chi connectivity index (χ1n) is 12.2. The number of rotatable bonds is 8. The van der Waals surface area contributed by atoms with E-state index in [0.717, 1.165) is 47.4 Å². The van der Waals surface area contributed by atoms with Crippen LogP contribution in [0.5, 0.6) is 0 Å². The number of nitrogens with one attached hydrogen (secondary N) is 1. The molecule has 1 amide bonds. The van der Waals surface area contributed by atoms with Gasteiger partial charge in [0.1, 0.15) is 5.82 Å². The molecule has 0 bridgehead atoms. The van der Waals surface area contributed by atoms with Crippen LogP contribution in [0.15, 0.2) is 41.3 Å². The van der Waals surface area contributed by atoms with Gasteiger partial charge in [-0.25, -0.2) is 13.4 Å². The number of aryl methyl sites for hydroxylation is 3. The molecule has 0 spiro atoms. The summed E-state index contributed by atoms with van der Waals surface area (Å²) in [7, 11) is -1.63. The summed E-state index contributed by atoms with van der Waals surface area (Å²) in [5, 5.41) is 3.03. The summed E-state index contributed by atoms with van der Waals surface area (Å²) >= 11 is 0. The molecule has 0 unspecified atom stereocenters. The van der Waals surface area contributed by atoms with Gasteiger partial charge in [0.15, 0.2) is 0 Å². The topological polar surface area (TPSA) is 87.5 Å². The number of nitrogens with zero attached hydrogens (tertiary/aromatic N) is 4. The third kappa shape index (κ3) is 5.42. The average Bonchev–Trinajstić information content (AvgIpc) is 3.18. The zero-order chi connectivity index (χ0) is 25.2. The average molecular weight is 498 g/mol. The minimum absolute atomic E-state index is 0.0843. The Bertz CT molecular complexity index is 1310. The third-order valence-corrected chi connectivity index (χ3v) is 8.53. The summed E-state index contributed by atoms with van der Waals surface area (Å²) in [5.74, 6) is 0.719. The van der Waals surface area contributed by atoms with Crippen LogP contribution >= 0.6 is 0 Å². The summed E-state index contributed by atoms with van der Waals surface area (Å²) in [4.78, 5) is 19.7. The lowest BCUT2D eigenvalue weighted by Gasteiger charge is -2.25. The maximum Gasteiger partial charge on any atom is 0.243 e. The first-order valence-corrected chi connectivity index (χ1v) is 13.7. The maximum absolute atomic E-state index is 13.1. The Kier molecular flexibility index (Phi) is 7.59. The molecular formula is C26H35N5O3S. The van der Waals surface area contributed by atoms with Crippen LogP contribution in [0.3, 0.4) is 0 Å². The molecule has 1 aromatic heterocycles. The molecule has 1 saturated heterocycles. The van der Waals surface area contributed by atoms with Crippen molar-refractivity contribution in [1.29, 1.82) is 0 Å². The van der Waals surface area contributed by atoms with Gasteiger partial charge in [-0.3, -0.25) is 9.69 Å². The fourth-order valence-electron chi connectivity index (χ4n) is 4.78. The summed E-state index contributed by atoms with van der Waals surface area (Å²) in [6, 6.07) is 11.2. The second-order valence-corrected chi connectivity index (χ2v) is 11.3. The van der Waals surface area contributed by atoms with Crippen molar-refractivity contribution in [1.82, 2.24) is 18.8 Å². The molecule has 2 aromatic carbocycles. The fraction of sp³-hybridized carbons (Fsp3) is 0.462. The van der Waals surface area contributed by atoms with E-state index in [1.165, 1.54) is 0 Å². The Morgan fingerprint density at radius 3 is 2.43 bits per heavy atom. The number of likely N-dealkylation sites (N-methyl/N-ethyl adjacent to an activating group) is 1. The minimum atomic E-state index is -3.52. The number of hydrogen-bond donors (Lipinski definition) is 1. The highest BCUT2D eigenvalue weighted by Crippen LogP contribution is 2.25. The molecule has 3 aromatic rings. The van der Waals surface area contributed by atoms with Crippen LogP contribution in [0.4, 0.5) is 5.69 Å². The van der Waals surface area contributed by atoms with Gasteiger partial charge >= 0.3 is 0 Å². The second kappa shape index (κ2) is 10.5. The monoisotopic (exact) mass is 497 g/mol. The molecule has 8 nitrogen and oxygen atoms in total. The smallest absolute Gasteiger partial charge is 0.243 e. The molecule has 35 heavy (non-hydrogen) atoms. The zero-order valence-electron chi connectivity index (χ0n) is 21.0. The number of carbonyl (C=O) groups excluding carboxylic acids is 1. The zero-order valence-corrected chi connectivity index (χ0v) is 21.9. The standard InChI is InChI=1S/C26H35N5O3S/c1-5-31-23-13-12-21(35(33,34)30-14-7-6-8-15-30)16-22(23)27-24(31)17-29(4)18-25(32)28-26-19(2)10-9-11-20(26)3/h9-13,16H,5-8,14-15,17-18H2,1-4H3,(H,28,32). The van der Waals surface area contributed by atoms with E-state index >= 15 is 0 Å². The number of hydrogen-bond acceptors (Lipinski definition) is 5. The Hall–Kier alpha value is -2.75. The summed E-state index contributed by atoms with van der Waals surface area (Å²) in [5.41, 5.74) is 4.48. The van der Waals surface area contributed by atoms with Crippen molar-refractivity contribution in [3.8, 4) is 0 Å². The van der Waals surface area contributed by atoms with Crippen LogP contribution in [0, 0.1) is 13.8 Å². The van der Waals surface area contributed by atoms with Crippen molar-refractivity contribution in [3.05, 3.63) is 53.3 Å². The lowest BCUT2D eigenvalue weighted by molar-refractivity contribution is -0.117. The van der Waals surface area contributed by atoms with E-state index in [9.17, 15) is 13.2 Å². The predicted molar refractivity (Wildman–Crippen MR) is 139 cm³/mol. The lowest BCUT2D eigenvalue weighted by Crippen LogP contribution is -2.35. The Morgan fingerprint density at radius 1 is 1.09 bits per heavy atom. The molecule has 1 aliphatic heterocycles. The lowest BCUT2D eigenvalue weighted by atomic mass is 10.1. The molecule has 1 fully saturated rings. The normalized spacial score (nSPS) is 15.1. The first kappa shape index (κ1) is 25.3. The molecule has 0 saturated carbocycles. The quantitative estimate of drug-likeness (QED) is 0.510. The highest BCUT2D eigenvalue weighted by Gasteiger charge is 2.27. The molecule has 4 rings (SSSR count). The van der Waals surface area contributed by atoms with Gasteiger partial charge < -0.3 is 9.88 Å². The second-order valence-electron chi connectivity index (χ2n) is 9.37. The number of amides is 1. The summed E-state index contributed by atoms with van der Waals surface area (Å²) in [6.07, 6.45) is 2.88. The Labute approximate surface area is 208 Å². The Morgan fingerprint density at radius 2 is 1.77 bits per heavy atom. The maximum atomic E-state index is 13.1. The number of fused-ring (bicyclic) bond motifs is 1. The SMILES string of the molecule is CCn1c(CN(C)CC(=O)Nc2c(C)cccc2C)nc2cc(S(=O)(=O)N3CCCCC3)ccc21. The number of anilines is 1. The third-order valence-electron chi connectivity index (χ3n) is 6.64. The molecule has 1 N–H and O–H groups in total. The molecule has 0 radical (unpaired) electrons. The van der Waals surface area contributed by atoms with Gasteiger partial charge in [-0.05, 0) is 70.0 Å². The highest BCUT2D eigenvalue weighted by molar-refractivity contribution is 7.89. The van der Waals surface area contributed by atoms with Gasteiger partial charge in [0, 0.05) is 25.3 Å². The number of sulfonamides is 1. The van der Waals surface area contributed by atoms with Crippen LogP contribution in [-0.2, 0) is 27.9 Å². The van der Waals surface area contributed by atoms with Crippen LogP contribution < -0.4 is 5.32 Å². The number of aromatic nitrogens is 2. The summed E-state index contributed by atoms with van der Waals surface area (Å²) in [6.45, 7) is 8.54. The number of para-hydroxylation sites is 1. The molecule has 2 heterocycles. The van der Waals surface area contributed by atoms with Crippen LogP contribution in [0.25, 0.3) is 11.0 Å². The van der Waals surface area contributed by atoms with E-state index in [1.54, 1.807) is 16.4 Å². The van der Waals surface area contributed by atoms with E-state index in [0.29, 0.717) is 36.6 Å². The van der Waals surface area contributed by atoms with Gasteiger partial charge in [0.05, 0.1) is 29.0 Å². The number of piperidine rings is 1. The molecular weight excluding hydrogens is 462 g/mol. The molecule has 188 valence electrons. The van der Waals surface area contributed by atoms with E-state index in [4.69, 9.17) is 4.98 Å². The number of benzene rings is 2. The van der Waals surface area contributed by atoms with E-state index in [1.807, 2.05) is 57.0 Å². The van der Waals surface area contributed by atoms with Crippen molar-refractivity contribution < 1.29 is 13.2 Å². The summed E-state index contributed by atoms with van der Waals surface area (Å²) < 4.78 is 29.9. The van der Waals surface area contributed by atoms with E-state index < -0.39 is 10.0 Å². The predicted octanol–water partition coefficient (Wildman–Crippen LogP) is 3.92. The largest absolute Gasteiger partial charge is 0.327 e. The van der Waals surface area contributed by atoms with Gasteiger partial charge in [0.2, 0.25) is 15.9 Å². The molecule has 0 atom stereocenters. The molecule has 9 heteroatoms. The minimum Gasteiger partial charge on any atom is -0.327 e. The molecule has 1 aliphatic rings. The van der Waals surface area contributed by atoms with Crippen molar-refractivity contribution in [2.75, 3.05) is 32.0 Å². The van der Waals surface area contributed by atoms with Crippen molar-refractivity contribution >= 4 is 32.7 Å². The number of carbonyl (C=O) groups is 1. The van der Waals surface area contributed by atoms with Crippen molar-refractivity contribution in [2.24, 2.45) is 0 Å². The number of imidazole rings is 1. The Balaban J connectivity index is 1.51.